The van der Waals surface area contributed by atoms with E-state index in [1.165, 1.54) is 0 Å². The molecular weight excluding hydrogens is 289 g/mol. The Morgan fingerprint density at radius 3 is 2.81 bits per heavy atom. The van der Waals surface area contributed by atoms with Crippen LogP contribution in [-0.2, 0) is 6.42 Å². The molecule has 2 nitrogen and oxygen atoms in total. The topological polar surface area (TPSA) is 39.2 Å². The Morgan fingerprint density at radius 1 is 1.38 bits per heavy atom. The Balaban J connectivity index is 2.14. The lowest BCUT2D eigenvalue weighted by atomic mass is 10.0. The molecule has 0 aliphatic rings. The number of hydrogen-bond acceptors (Lipinski definition) is 2. The third-order valence-electron chi connectivity index (χ3n) is 2.39. The number of halogens is 2. The van der Waals surface area contributed by atoms with Crippen LogP contribution >= 0.6 is 27.5 Å². The van der Waals surface area contributed by atoms with Crippen LogP contribution in [-0.4, -0.2) is 0 Å². The number of hydrogen-bond donors (Lipinski definition) is 1. The summed E-state index contributed by atoms with van der Waals surface area (Å²) in [6.07, 6.45) is 2.36. The molecule has 84 valence electrons. The van der Waals surface area contributed by atoms with Crippen molar-refractivity contribution >= 4 is 27.5 Å². The highest BCUT2D eigenvalue weighted by molar-refractivity contribution is 9.10. The summed E-state index contributed by atoms with van der Waals surface area (Å²) >= 11 is 9.24. The van der Waals surface area contributed by atoms with Crippen molar-refractivity contribution in [1.29, 1.82) is 0 Å². The maximum atomic E-state index is 6.09. The molecule has 1 aromatic carbocycles. The zero-order valence-electron chi connectivity index (χ0n) is 8.49. The Bertz CT molecular complexity index is 483. The van der Waals surface area contributed by atoms with Crippen LogP contribution < -0.4 is 5.73 Å². The van der Waals surface area contributed by atoms with Gasteiger partial charge < -0.3 is 10.2 Å². The summed E-state index contributed by atoms with van der Waals surface area (Å²) < 4.78 is 5.85. The van der Waals surface area contributed by atoms with Gasteiger partial charge in [0.15, 0.2) is 4.67 Å². The van der Waals surface area contributed by atoms with Crippen molar-refractivity contribution in [2.75, 3.05) is 0 Å². The first-order valence-corrected chi connectivity index (χ1v) is 6.07. The summed E-state index contributed by atoms with van der Waals surface area (Å²) in [5.74, 6) is 0. The standard InChI is InChI=1S/C12H11BrClNO/c13-12-10(4-5-16-12)11(15)7-8-2-1-3-9(14)6-8/h1-6,11H,7,15H2. The molecule has 0 amide bonds. The SMILES string of the molecule is NC(Cc1cccc(Cl)c1)c1ccoc1Br. The second-order valence-electron chi connectivity index (χ2n) is 3.59. The Hall–Kier alpha value is -0.770. The van der Waals surface area contributed by atoms with Gasteiger partial charge in [-0.15, -0.1) is 0 Å². The largest absolute Gasteiger partial charge is 0.457 e. The fourth-order valence-corrected chi connectivity index (χ4v) is 2.34. The van der Waals surface area contributed by atoms with Gasteiger partial charge in [-0.2, -0.15) is 0 Å². The van der Waals surface area contributed by atoms with Crippen molar-refractivity contribution in [2.24, 2.45) is 5.73 Å². The molecule has 1 unspecified atom stereocenters. The highest BCUT2D eigenvalue weighted by Crippen LogP contribution is 2.26. The third-order valence-corrected chi connectivity index (χ3v) is 3.27. The molecule has 1 aromatic heterocycles. The van der Waals surface area contributed by atoms with Gasteiger partial charge >= 0.3 is 0 Å². The lowest BCUT2D eigenvalue weighted by Gasteiger charge is -2.10. The molecule has 0 aliphatic carbocycles. The Morgan fingerprint density at radius 2 is 2.19 bits per heavy atom. The normalized spacial score (nSPS) is 12.7. The third kappa shape index (κ3) is 2.67. The summed E-state index contributed by atoms with van der Waals surface area (Å²) in [5.41, 5.74) is 8.18. The zero-order chi connectivity index (χ0) is 11.5. The molecule has 0 spiro atoms. The van der Waals surface area contributed by atoms with Crippen molar-refractivity contribution in [3.05, 3.63) is 57.4 Å². The van der Waals surface area contributed by atoms with Crippen LogP contribution in [0.4, 0.5) is 0 Å². The maximum absolute atomic E-state index is 6.09. The van der Waals surface area contributed by atoms with Crippen LogP contribution in [0.15, 0.2) is 45.7 Å². The van der Waals surface area contributed by atoms with Crippen LogP contribution in [0.25, 0.3) is 0 Å². The van der Waals surface area contributed by atoms with Gasteiger partial charge in [0.25, 0.3) is 0 Å². The van der Waals surface area contributed by atoms with Crippen molar-refractivity contribution in [3.8, 4) is 0 Å². The lowest BCUT2D eigenvalue weighted by molar-refractivity contribution is 0.531. The van der Waals surface area contributed by atoms with E-state index in [0.29, 0.717) is 4.67 Å². The molecule has 0 radical (unpaired) electrons. The molecule has 0 fully saturated rings. The molecule has 0 saturated heterocycles. The first kappa shape index (κ1) is 11.7. The molecule has 2 rings (SSSR count). The average Bonchev–Trinajstić information content (AvgIpc) is 2.64. The zero-order valence-corrected chi connectivity index (χ0v) is 10.8. The Kier molecular flexibility index (Phi) is 3.69. The van der Waals surface area contributed by atoms with Gasteiger partial charge in [-0.25, -0.2) is 0 Å². The monoisotopic (exact) mass is 299 g/mol. The van der Waals surface area contributed by atoms with Crippen molar-refractivity contribution in [3.63, 3.8) is 0 Å². The van der Waals surface area contributed by atoms with E-state index in [-0.39, 0.29) is 6.04 Å². The molecule has 1 heterocycles. The van der Waals surface area contributed by atoms with E-state index < -0.39 is 0 Å². The Labute approximate surface area is 108 Å². The minimum atomic E-state index is -0.0911. The quantitative estimate of drug-likeness (QED) is 0.932. The van der Waals surface area contributed by atoms with Gasteiger partial charge in [0, 0.05) is 16.6 Å². The minimum absolute atomic E-state index is 0.0911. The summed E-state index contributed by atoms with van der Waals surface area (Å²) in [4.78, 5) is 0. The molecule has 0 saturated carbocycles. The molecule has 4 heteroatoms. The molecule has 2 aromatic rings. The lowest BCUT2D eigenvalue weighted by Crippen LogP contribution is -2.12. The molecule has 16 heavy (non-hydrogen) atoms. The van der Waals surface area contributed by atoms with E-state index in [2.05, 4.69) is 15.9 Å². The van der Waals surface area contributed by atoms with E-state index in [1.807, 2.05) is 30.3 Å². The average molecular weight is 301 g/mol. The first-order chi connectivity index (χ1) is 7.66. The van der Waals surface area contributed by atoms with Gasteiger partial charge in [0.1, 0.15) is 0 Å². The first-order valence-electron chi connectivity index (χ1n) is 4.89. The second-order valence-corrected chi connectivity index (χ2v) is 4.75. The summed E-state index contributed by atoms with van der Waals surface area (Å²) in [5, 5.41) is 0.732. The van der Waals surface area contributed by atoms with Crippen molar-refractivity contribution in [2.45, 2.75) is 12.5 Å². The summed E-state index contributed by atoms with van der Waals surface area (Å²) in [6, 6.07) is 9.50. The highest BCUT2D eigenvalue weighted by atomic mass is 79.9. The predicted molar refractivity (Wildman–Crippen MR) is 68.5 cm³/mol. The van der Waals surface area contributed by atoms with Gasteiger partial charge in [-0.05, 0) is 46.1 Å². The van der Waals surface area contributed by atoms with Crippen LogP contribution in [0.2, 0.25) is 5.02 Å². The number of nitrogens with two attached hydrogens (primary N) is 1. The second kappa shape index (κ2) is 5.04. The van der Waals surface area contributed by atoms with E-state index in [0.717, 1.165) is 22.6 Å². The molecular formula is C12H11BrClNO. The minimum Gasteiger partial charge on any atom is -0.457 e. The molecule has 0 aliphatic heterocycles. The van der Waals surface area contributed by atoms with Gasteiger partial charge in [0.05, 0.1) is 6.26 Å². The fraction of sp³-hybridized carbons (Fsp3) is 0.167. The highest BCUT2D eigenvalue weighted by Gasteiger charge is 2.12. The summed E-state index contributed by atoms with van der Waals surface area (Å²) in [7, 11) is 0. The van der Waals surface area contributed by atoms with Crippen LogP contribution in [0, 0.1) is 0 Å². The van der Waals surface area contributed by atoms with E-state index in [4.69, 9.17) is 21.8 Å². The van der Waals surface area contributed by atoms with E-state index >= 15 is 0 Å². The van der Waals surface area contributed by atoms with E-state index in [9.17, 15) is 0 Å². The molecule has 1 atom stereocenters. The fourth-order valence-electron chi connectivity index (χ4n) is 1.60. The molecule has 2 N–H and O–H groups in total. The summed E-state index contributed by atoms with van der Waals surface area (Å²) in [6.45, 7) is 0. The number of rotatable bonds is 3. The van der Waals surface area contributed by atoms with Crippen molar-refractivity contribution < 1.29 is 4.42 Å². The predicted octanol–water partition coefficient (Wildman–Crippen LogP) is 3.94. The van der Waals surface area contributed by atoms with E-state index in [1.54, 1.807) is 6.26 Å². The van der Waals surface area contributed by atoms with Gasteiger partial charge in [-0.3, -0.25) is 0 Å². The van der Waals surface area contributed by atoms with Crippen LogP contribution in [0.3, 0.4) is 0 Å². The molecule has 0 bridgehead atoms. The number of benzene rings is 1. The maximum Gasteiger partial charge on any atom is 0.173 e. The van der Waals surface area contributed by atoms with Gasteiger partial charge in [-0.1, -0.05) is 23.7 Å². The van der Waals surface area contributed by atoms with Crippen LogP contribution in [0.5, 0.6) is 0 Å². The van der Waals surface area contributed by atoms with Gasteiger partial charge in [0.2, 0.25) is 0 Å². The van der Waals surface area contributed by atoms with Crippen LogP contribution in [0.1, 0.15) is 17.2 Å². The number of furan rings is 1. The van der Waals surface area contributed by atoms with Crippen molar-refractivity contribution in [1.82, 2.24) is 0 Å². The smallest absolute Gasteiger partial charge is 0.173 e.